The van der Waals surface area contributed by atoms with E-state index < -0.39 is 21.7 Å². The summed E-state index contributed by atoms with van der Waals surface area (Å²) in [5.41, 5.74) is 1.80. The lowest BCUT2D eigenvalue weighted by atomic mass is 10.2. The molecule has 6 nitrogen and oxygen atoms in total. The Hall–Kier alpha value is -3.43. The molecule has 0 amide bonds. The topological polar surface area (TPSA) is 84.0 Å². The minimum atomic E-state index is -3.79. The van der Waals surface area contributed by atoms with Crippen molar-refractivity contribution in [2.24, 2.45) is 0 Å². The number of sulfonamides is 1. The molecule has 0 unspecified atom stereocenters. The summed E-state index contributed by atoms with van der Waals surface area (Å²) in [6.45, 7) is 0.247. The molecule has 0 aliphatic heterocycles. The summed E-state index contributed by atoms with van der Waals surface area (Å²) in [5, 5.41) is 3.63. The maximum Gasteiger partial charge on any atom is 0.240 e. The van der Waals surface area contributed by atoms with Gasteiger partial charge >= 0.3 is 0 Å². The SMILES string of the molecule is O=S(=O)(NCc1cccc(F)c1)c1cccc(CNc2ncnc3ccc(F)cc23)c1. The summed E-state index contributed by atoms with van der Waals surface area (Å²) in [4.78, 5) is 8.35. The van der Waals surface area contributed by atoms with Gasteiger partial charge in [0.25, 0.3) is 0 Å². The number of aromatic nitrogens is 2. The summed E-state index contributed by atoms with van der Waals surface area (Å²) < 4.78 is 54.7. The average molecular weight is 440 g/mol. The van der Waals surface area contributed by atoms with Gasteiger partial charge in [-0.2, -0.15) is 0 Å². The van der Waals surface area contributed by atoms with Gasteiger partial charge in [-0.3, -0.25) is 0 Å². The third-order valence-electron chi connectivity index (χ3n) is 4.62. The summed E-state index contributed by atoms with van der Waals surface area (Å²) in [6, 6.07) is 16.4. The van der Waals surface area contributed by atoms with E-state index in [1.165, 1.54) is 48.8 Å². The van der Waals surface area contributed by atoms with Crippen molar-refractivity contribution in [1.29, 1.82) is 0 Å². The zero-order chi connectivity index (χ0) is 21.8. The molecule has 3 aromatic carbocycles. The molecule has 0 saturated carbocycles. The molecule has 0 aliphatic carbocycles. The first-order chi connectivity index (χ1) is 14.9. The van der Waals surface area contributed by atoms with Crippen molar-refractivity contribution in [3.63, 3.8) is 0 Å². The average Bonchev–Trinajstić information content (AvgIpc) is 2.77. The highest BCUT2D eigenvalue weighted by Crippen LogP contribution is 2.21. The zero-order valence-corrected chi connectivity index (χ0v) is 17.0. The van der Waals surface area contributed by atoms with Crippen LogP contribution in [-0.4, -0.2) is 18.4 Å². The summed E-state index contributed by atoms with van der Waals surface area (Å²) >= 11 is 0. The van der Waals surface area contributed by atoms with Crippen LogP contribution in [0.1, 0.15) is 11.1 Å². The van der Waals surface area contributed by atoms with Crippen molar-refractivity contribution in [2.45, 2.75) is 18.0 Å². The smallest absolute Gasteiger partial charge is 0.240 e. The molecule has 4 rings (SSSR count). The first-order valence-electron chi connectivity index (χ1n) is 9.38. The highest BCUT2D eigenvalue weighted by atomic mass is 32.2. The molecule has 0 aliphatic rings. The number of nitrogens with one attached hydrogen (secondary N) is 2. The Morgan fingerprint density at radius 3 is 2.35 bits per heavy atom. The van der Waals surface area contributed by atoms with Gasteiger partial charge in [0.1, 0.15) is 23.8 Å². The van der Waals surface area contributed by atoms with Gasteiger partial charge in [0, 0.05) is 18.5 Å². The standard InChI is InChI=1S/C22H18F2N4O2S/c23-17-5-1-3-15(9-17)13-28-31(29,30)19-6-2-4-16(10-19)12-25-22-20-11-18(24)7-8-21(20)26-14-27-22/h1-11,14,28H,12-13H2,(H,25,26,27). The lowest BCUT2D eigenvalue weighted by molar-refractivity contribution is 0.580. The number of nitrogens with zero attached hydrogens (tertiary/aromatic N) is 2. The largest absolute Gasteiger partial charge is 0.365 e. The van der Waals surface area contributed by atoms with Crippen LogP contribution in [-0.2, 0) is 23.1 Å². The molecule has 0 saturated heterocycles. The number of rotatable bonds is 7. The van der Waals surface area contributed by atoms with Crippen LogP contribution in [0.4, 0.5) is 14.6 Å². The molecule has 31 heavy (non-hydrogen) atoms. The van der Waals surface area contributed by atoms with Crippen LogP contribution in [0.15, 0.2) is 78.0 Å². The molecule has 1 heterocycles. The normalized spacial score (nSPS) is 11.5. The van der Waals surface area contributed by atoms with Gasteiger partial charge in [0.2, 0.25) is 10.0 Å². The van der Waals surface area contributed by atoms with Gasteiger partial charge in [-0.05, 0) is 53.6 Å². The summed E-state index contributed by atoms with van der Waals surface area (Å²) in [6.07, 6.45) is 1.37. The maximum absolute atomic E-state index is 13.6. The molecular weight excluding hydrogens is 422 g/mol. The second-order valence-electron chi connectivity index (χ2n) is 6.84. The molecule has 0 spiro atoms. The number of hydrogen-bond acceptors (Lipinski definition) is 5. The third kappa shape index (κ3) is 5.01. The van der Waals surface area contributed by atoms with E-state index in [-0.39, 0.29) is 18.0 Å². The lowest BCUT2D eigenvalue weighted by Crippen LogP contribution is -2.23. The fraction of sp³-hybridized carbons (Fsp3) is 0.0909. The van der Waals surface area contributed by atoms with Crippen molar-refractivity contribution >= 4 is 26.7 Å². The minimum absolute atomic E-state index is 0.0267. The molecule has 0 radical (unpaired) electrons. The molecule has 158 valence electrons. The van der Waals surface area contributed by atoms with E-state index in [1.807, 2.05) is 0 Å². The molecule has 2 N–H and O–H groups in total. The Balaban J connectivity index is 1.49. The van der Waals surface area contributed by atoms with Crippen molar-refractivity contribution < 1.29 is 17.2 Å². The van der Waals surface area contributed by atoms with Crippen molar-refractivity contribution in [3.05, 3.63) is 95.8 Å². The summed E-state index contributed by atoms with van der Waals surface area (Å²) in [7, 11) is -3.79. The minimum Gasteiger partial charge on any atom is -0.365 e. The Labute approximate surface area is 178 Å². The predicted octanol–water partition coefficient (Wildman–Crippen LogP) is 4.00. The Morgan fingerprint density at radius 2 is 1.55 bits per heavy atom. The number of benzene rings is 3. The first-order valence-corrected chi connectivity index (χ1v) is 10.9. The highest BCUT2D eigenvalue weighted by Gasteiger charge is 2.14. The number of fused-ring (bicyclic) bond motifs is 1. The van der Waals surface area contributed by atoms with Gasteiger partial charge in [-0.1, -0.05) is 24.3 Å². The fourth-order valence-electron chi connectivity index (χ4n) is 3.09. The van der Waals surface area contributed by atoms with Gasteiger partial charge in [-0.15, -0.1) is 0 Å². The quantitative estimate of drug-likeness (QED) is 0.454. The molecular formula is C22H18F2N4O2S. The Bertz CT molecular complexity index is 1350. The maximum atomic E-state index is 13.6. The van der Waals surface area contributed by atoms with Gasteiger partial charge in [0.15, 0.2) is 0 Å². The zero-order valence-electron chi connectivity index (χ0n) is 16.2. The van der Waals surface area contributed by atoms with Crippen molar-refractivity contribution in [1.82, 2.24) is 14.7 Å². The second kappa shape index (κ2) is 8.75. The second-order valence-corrected chi connectivity index (χ2v) is 8.61. The molecule has 4 aromatic rings. The number of anilines is 1. The van der Waals surface area contributed by atoms with E-state index in [4.69, 9.17) is 0 Å². The van der Waals surface area contributed by atoms with E-state index in [0.29, 0.717) is 27.8 Å². The molecule has 0 fully saturated rings. The van der Waals surface area contributed by atoms with Gasteiger partial charge in [0.05, 0.1) is 10.4 Å². The van der Waals surface area contributed by atoms with Crippen LogP contribution >= 0.6 is 0 Å². The van der Waals surface area contributed by atoms with E-state index in [9.17, 15) is 17.2 Å². The third-order valence-corrected chi connectivity index (χ3v) is 6.02. The lowest BCUT2D eigenvalue weighted by Gasteiger charge is -2.11. The first kappa shape index (κ1) is 20.8. The molecule has 1 aromatic heterocycles. The predicted molar refractivity (Wildman–Crippen MR) is 114 cm³/mol. The fourth-order valence-corrected chi connectivity index (χ4v) is 4.17. The van der Waals surface area contributed by atoms with Crippen LogP contribution in [0, 0.1) is 11.6 Å². The van der Waals surface area contributed by atoms with E-state index in [0.717, 1.165) is 0 Å². The summed E-state index contributed by atoms with van der Waals surface area (Å²) in [5.74, 6) is -0.383. The van der Waals surface area contributed by atoms with Crippen molar-refractivity contribution in [2.75, 3.05) is 5.32 Å². The highest BCUT2D eigenvalue weighted by molar-refractivity contribution is 7.89. The number of halogens is 2. The van der Waals surface area contributed by atoms with E-state index >= 15 is 0 Å². The monoisotopic (exact) mass is 440 g/mol. The molecule has 0 atom stereocenters. The van der Waals surface area contributed by atoms with E-state index in [2.05, 4.69) is 20.0 Å². The van der Waals surface area contributed by atoms with Gasteiger partial charge < -0.3 is 5.32 Å². The van der Waals surface area contributed by atoms with Crippen molar-refractivity contribution in [3.8, 4) is 0 Å². The van der Waals surface area contributed by atoms with Crippen LogP contribution in [0.5, 0.6) is 0 Å². The van der Waals surface area contributed by atoms with Gasteiger partial charge in [-0.25, -0.2) is 31.9 Å². The Kier molecular flexibility index (Phi) is 5.88. The Morgan fingerprint density at radius 1 is 0.806 bits per heavy atom. The molecule has 0 bridgehead atoms. The number of hydrogen-bond donors (Lipinski definition) is 2. The molecule has 9 heteroatoms. The van der Waals surface area contributed by atoms with Crippen LogP contribution < -0.4 is 10.0 Å². The van der Waals surface area contributed by atoms with E-state index in [1.54, 1.807) is 24.3 Å². The van der Waals surface area contributed by atoms with Crippen LogP contribution in [0.25, 0.3) is 10.9 Å². The van der Waals surface area contributed by atoms with Crippen LogP contribution in [0.2, 0.25) is 0 Å². The van der Waals surface area contributed by atoms with Crippen LogP contribution in [0.3, 0.4) is 0 Å².